The van der Waals surface area contributed by atoms with Crippen LogP contribution in [0.2, 0.25) is 0 Å². The van der Waals surface area contributed by atoms with E-state index in [1.807, 2.05) is 56.3 Å². The number of aryl methyl sites for hydroxylation is 1. The first-order valence-corrected chi connectivity index (χ1v) is 14.5. The fraction of sp³-hybridized carbons (Fsp3) is 0.192. The third-order valence-corrected chi connectivity index (χ3v) is 7.76. The first kappa shape index (κ1) is 27.3. The molecule has 0 aliphatic heterocycles. The minimum atomic E-state index is -0.214. The molecule has 0 unspecified atom stereocenters. The van der Waals surface area contributed by atoms with Crippen LogP contribution in [0.15, 0.2) is 71.8 Å². The monoisotopic (exact) mass is 787 g/mol. The van der Waals surface area contributed by atoms with Gasteiger partial charge in [-0.3, -0.25) is 4.79 Å². The van der Waals surface area contributed by atoms with Gasteiger partial charge in [-0.1, -0.05) is 60.8 Å². The van der Waals surface area contributed by atoms with Crippen LogP contribution in [-0.4, -0.2) is 22.5 Å². The van der Waals surface area contributed by atoms with Crippen LogP contribution in [0.3, 0.4) is 0 Å². The summed E-state index contributed by atoms with van der Waals surface area (Å²) in [5.41, 5.74) is 2.24. The molecule has 1 aromatic heterocycles. The summed E-state index contributed by atoms with van der Waals surface area (Å²) in [6.45, 7) is 4.74. The molecule has 0 spiro atoms. The molecule has 0 fully saturated rings. The zero-order valence-electron chi connectivity index (χ0n) is 19.4. The first-order valence-electron chi connectivity index (χ1n) is 11.1. The highest BCUT2D eigenvalue weighted by Gasteiger charge is 2.14. The number of aromatic nitrogens is 2. The summed E-state index contributed by atoms with van der Waals surface area (Å²) >= 11 is 12.7. The summed E-state index contributed by atoms with van der Waals surface area (Å²) in [5, 5.41) is 5.01. The average molecular weight is 790 g/mol. The zero-order chi connectivity index (χ0) is 25.8. The Balaban J connectivity index is 1.67. The second-order valence-electron chi connectivity index (χ2n) is 7.69. The largest absolute Gasteiger partial charge is 0.490 e. The summed E-state index contributed by atoms with van der Waals surface area (Å²) in [6.07, 6.45) is 2.21. The van der Waals surface area contributed by atoms with E-state index in [0.717, 1.165) is 28.1 Å². The maximum Gasteiger partial charge on any atom is 0.282 e. The average Bonchev–Trinajstić information content (AvgIpc) is 2.84. The Kier molecular flexibility index (Phi) is 9.24. The van der Waals surface area contributed by atoms with Crippen molar-refractivity contribution < 1.29 is 9.47 Å². The van der Waals surface area contributed by atoms with Crippen molar-refractivity contribution in [3.8, 4) is 11.5 Å². The van der Waals surface area contributed by atoms with Gasteiger partial charge in [-0.25, -0.2) is 4.98 Å². The predicted octanol–water partition coefficient (Wildman–Crippen LogP) is 7.71. The number of hydrogen-bond acceptors (Lipinski definition) is 5. The van der Waals surface area contributed by atoms with E-state index in [1.165, 1.54) is 4.68 Å². The van der Waals surface area contributed by atoms with Gasteiger partial charge in [-0.2, -0.15) is 9.78 Å². The van der Waals surface area contributed by atoms with Crippen molar-refractivity contribution >= 4 is 87.5 Å². The van der Waals surface area contributed by atoms with Crippen LogP contribution in [0, 0.1) is 3.57 Å². The van der Waals surface area contributed by atoms with Crippen LogP contribution in [0.4, 0.5) is 0 Å². The summed E-state index contributed by atoms with van der Waals surface area (Å²) in [6, 6.07) is 15.2. The fourth-order valence-electron chi connectivity index (χ4n) is 3.52. The molecule has 186 valence electrons. The lowest BCUT2D eigenvalue weighted by molar-refractivity contribution is 0.267. The van der Waals surface area contributed by atoms with Crippen molar-refractivity contribution in [2.24, 2.45) is 5.10 Å². The molecular formula is C26H21Br3IN3O3. The fourth-order valence-corrected chi connectivity index (χ4v) is 5.82. The normalized spacial score (nSPS) is 11.4. The van der Waals surface area contributed by atoms with Gasteiger partial charge < -0.3 is 9.47 Å². The molecule has 3 aromatic carbocycles. The third-order valence-electron chi connectivity index (χ3n) is 5.23. The number of ether oxygens (including phenoxy) is 2. The van der Waals surface area contributed by atoms with Gasteiger partial charge in [0.25, 0.3) is 5.56 Å². The van der Waals surface area contributed by atoms with E-state index in [4.69, 9.17) is 9.47 Å². The quantitative estimate of drug-likeness (QED) is 0.136. The van der Waals surface area contributed by atoms with Gasteiger partial charge in [0.1, 0.15) is 12.4 Å². The molecule has 0 aliphatic carbocycles. The standard InChI is InChI=1S/C26H21Br3IN3O3/c1-3-24-32-22-8-7-17(27)11-19(22)26(34)33(24)31-13-15-9-21(30)25(23(10-15)35-4-2)36-14-16-5-6-18(28)12-20(16)29/h5-13H,3-4,14H2,1-2H3. The number of benzene rings is 3. The van der Waals surface area contributed by atoms with Gasteiger partial charge in [0.05, 0.1) is 27.3 Å². The Bertz CT molecular complexity index is 1520. The van der Waals surface area contributed by atoms with Crippen molar-refractivity contribution in [1.29, 1.82) is 0 Å². The van der Waals surface area contributed by atoms with E-state index in [2.05, 4.69) is 80.5 Å². The molecular weight excluding hydrogens is 769 g/mol. The number of nitrogens with zero attached hydrogens (tertiary/aromatic N) is 3. The molecule has 0 saturated carbocycles. The van der Waals surface area contributed by atoms with Gasteiger partial charge in [0.15, 0.2) is 11.5 Å². The van der Waals surface area contributed by atoms with Crippen molar-refractivity contribution in [3.05, 3.63) is 92.8 Å². The van der Waals surface area contributed by atoms with E-state index >= 15 is 0 Å². The molecule has 4 aromatic rings. The van der Waals surface area contributed by atoms with Crippen molar-refractivity contribution in [2.75, 3.05) is 6.61 Å². The molecule has 0 atom stereocenters. The summed E-state index contributed by atoms with van der Waals surface area (Å²) in [4.78, 5) is 17.8. The highest BCUT2D eigenvalue weighted by molar-refractivity contribution is 14.1. The highest BCUT2D eigenvalue weighted by Crippen LogP contribution is 2.35. The van der Waals surface area contributed by atoms with E-state index in [0.29, 0.717) is 47.9 Å². The Morgan fingerprint density at radius 2 is 1.78 bits per heavy atom. The summed E-state index contributed by atoms with van der Waals surface area (Å²) in [7, 11) is 0. The summed E-state index contributed by atoms with van der Waals surface area (Å²) in [5.74, 6) is 1.86. The number of rotatable bonds is 8. The van der Waals surface area contributed by atoms with Gasteiger partial charge in [0, 0.05) is 25.4 Å². The van der Waals surface area contributed by atoms with Gasteiger partial charge in [-0.05, 0) is 77.5 Å². The molecule has 1 heterocycles. The maximum absolute atomic E-state index is 13.2. The predicted molar refractivity (Wildman–Crippen MR) is 163 cm³/mol. The molecule has 6 nitrogen and oxygen atoms in total. The topological polar surface area (TPSA) is 65.7 Å². The molecule has 36 heavy (non-hydrogen) atoms. The van der Waals surface area contributed by atoms with Crippen LogP contribution in [0.5, 0.6) is 11.5 Å². The van der Waals surface area contributed by atoms with E-state index < -0.39 is 0 Å². The van der Waals surface area contributed by atoms with Crippen molar-refractivity contribution in [2.45, 2.75) is 26.9 Å². The Morgan fingerprint density at radius 1 is 1.03 bits per heavy atom. The minimum Gasteiger partial charge on any atom is -0.490 e. The lowest BCUT2D eigenvalue weighted by Crippen LogP contribution is -2.22. The van der Waals surface area contributed by atoms with Gasteiger partial charge in [-0.15, -0.1) is 0 Å². The van der Waals surface area contributed by atoms with Crippen LogP contribution < -0.4 is 15.0 Å². The number of hydrogen-bond donors (Lipinski definition) is 0. The zero-order valence-corrected chi connectivity index (χ0v) is 26.3. The molecule has 0 saturated heterocycles. The van der Waals surface area contributed by atoms with Gasteiger partial charge >= 0.3 is 0 Å². The Morgan fingerprint density at radius 3 is 2.50 bits per heavy atom. The SMILES string of the molecule is CCOc1cc(C=Nn2c(CC)nc3ccc(Br)cc3c2=O)cc(I)c1OCc1ccc(Br)cc1Br. The lowest BCUT2D eigenvalue weighted by atomic mass is 10.2. The Hall–Kier alpha value is -1.76. The smallest absolute Gasteiger partial charge is 0.282 e. The molecule has 0 bridgehead atoms. The van der Waals surface area contributed by atoms with Crippen molar-refractivity contribution in [3.63, 3.8) is 0 Å². The molecule has 0 radical (unpaired) electrons. The van der Waals surface area contributed by atoms with Crippen molar-refractivity contribution in [1.82, 2.24) is 9.66 Å². The maximum atomic E-state index is 13.2. The van der Waals surface area contributed by atoms with Crippen LogP contribution in [0.25, 0.3) is 10.9 Å². The molecule has 4 rings (SSSR count). The second kappa shape index (κ2) is 12.2. The first-order chi connectivity index (χ1) is 17.3. The minimum absolute atomic E-state index is 0.214. The Labute approximate surface area is 247 Å². The molecule has 0 amide bonds. The molecule has 10 heteroatoms. The van der Waals surface area contributed by atoms with Crippen LogP contribution >= 0.6 is 70.4 Å². The van der Waals surface area contributed by atoms with E-state index in [1.54, 1.807) is 12.3 Å². The van der Waals surface area contributed by atoms with Gasteiger partial charge in [0.2, 0.25) is 0 Å². The van der Waals surface area contributed by atoms with Crippen LogP contribution in [-0.2, 0) is 13.0 Å². The lowest BCUT2D eigenvalue weighted by Gasteiger charge is -2.15. The third kappa shape index (κ3) is 6.20. The highest BCUT2D eigenvalue weighted by atomic mass is 127. The van der Waals surface area contributed by atoms with E-state index in [9.17, 15) is 4.79 Å². The molecule has 0 aliphatic rings. The summed E-state index contributed by atoms with van der Waals surface area (Å²) < 4.78 is 17.1. The van der Waals surface area contributed by atoms with Crippen LogP contribution in [0.1, 0.15) is 30.8 Å². The molecule has 0 N–H and O–H groups in total. The second-order valence-corrected chi connectivity index (χ2v) is 11.5. The number of fused-ring (bicyclic) bond motifs is 1. The number of halogens is 4. The van der Waals surface area contributed by atoms with E-state index in [-0.39, 0.29) is 5.56 Å².